The topological polar surface area (TPSA) is 18.8 Å². The summed E-state index contributed by atoms with van der Waals surface area (Å²) in [5, 5.41) is 0.804. The zero-order valence-corrected chi connectivity index (χ0v) is 17.0. The summed E-state index contributed by atoms with van der Waals surface area (Å²) in [6.45, 7) is 6.48. The third-order valence-electron chi connectivity index (χ3n) is 5.04. The fraction of sp³-hybridized carbons (Fsp3) is 0.208. The summed E-state index contributed by atoms with van der Waals surface area (Å²) in [4.78, 5) is 9.58. The minimum absolute atomic E-state index is 0.650. The molecule has 0 fully saturated rings. The van der Waals surface area contributed by atoms with E-state index in [1.54, 1.807) is 0 Å². The van der Waals surface area contributed by atoms with E-state index in [4.69, 9.17) is 16.6 Å². The van der Waals surface area contributed by atoms with E-state index >= 15 is 0 Å². The molecule has 1 aliphatic heterocycles. The first kappa shape index (κ1) is 18.7. The summed E-state index contributed by atoms with van der Waals surface area (Å²) in [6.07, 6.45) is 0. The number of aliphatic imine (C=N–C) groups is 1. The maximum atomic E-state index is 6.39. The number of hydrogen-bond acceptors (Lipinski definition) is 3. The Morgan fingerprint density at radius 3 is 2.43 bits per heavy atom. The Morgan fingerprint density at radius 2 is 1.68 bits per heavy atom. The number of halogens is 1. The lowest BCUT2D eigenvalue weighted by Gasteiger charge is -2.37. The molecule has 3 nitrogen and oxygen atoms in total. The van der Waals surface area contributed by atoms with Gasteiger partial charge in [-0.3, -0.25) is 9.89 Å². The predicted octanol–water partition coefficient (Wildman–Crippen LogP) is 5.64. The quantitative estimate of drug-likeness (QED) is 0.575. The van der Waals surface area contributed by atoms with E-state index in [-0.39, 0.29) is 0 Å². The van der Waals surface area contributed by atoms with Gasteiger partial charge in [0.25, 0.3) is 0 Å². The third kappa shape index (κ3) is 3.96. The first-order chi connectivity index (χ1) is 13.6. The van der Waals surface area contributed by atoms with Gasteiger partial charge >= 0.3 is 0 Å². The number of hydrogen-bond donors (Lipinski definition) is 0. The molecular formula is C24H24ClN3. The minimum Gasteiger partial charge on any atom is -0.312 e. The van der Waals surface area contributed by atoms with Crippen LogP contribution in [0, 0.1) is 13.8 Å². The van der Waals surface area contributed by atoms with Crippen molar-refractivity contribution in [2.75, 3.05) is 18.2 Å². The molecular weight excluding hydrogens is 366 g/mol. The van der Waals surface area contributed by atoms with Crippen LogP contribution in [-0.4, -0.2) is 24.1 Å². The molecule has 0 radical (unpaired) electrons. The summed E-state index contributed by atoms with van der Waals surface area (Å²) < 4.78 is 0. The molecule has 3 aromatic rings. The van der Waals surface area contributed by atoms with Gasteiger partial charge in [0, 0.05) is 22.8 Å². The molecule has 1 heterocycles. The molecule has 4 rings (SSSR count). The van der Waals surface area contributed by atoms with Crippen LogP contribution >= 0.6 is 11.6 Å². The fourth-order valence-corrected chi connectivity index (χ4v) is 3.86. The molecule has 0 aromatic heterocycles. The molecule has 0 atom stereocenters. The zero-order valence-electron chi connectivity index (χ0n) is 16.3. The van der Waals surface area contributed by atoms with Crippen molar-refractivity contribution >= 4 is 23.1 Å². The van der Waals surface area contributed by atoms with Crippen LogP contribution in [0.3, 0.4) is 0 Å². The van der Waals surface area contributed by atoms with Gasteiger partial charge in [0.1, 0.15) is 5.84 Å². The summed E-state index contributed by atoms with van der Waals surface area (Å²) >= 11 is 6.39. The van der Waals surface area contributed by atoms with E-state index in [0.717, 1.165) is 35.2 Å². The van der Waals surface area contributed by atoms with Crippen molar-refractivity contribution in [3.05, 3.63) is 100 Å². The Morgan fingerprint density at radius 1 is 0.929 bits per heavy atom. The van der Waals surface area contributed by atoms with E-state index in [9.17, 15) is 0 Å². The number of nitrogens with zero attached hydrogens (tertiary/aromatic N) is 3. The zero-order chi connectivity index (χ0) is 19.5. The predicted molar refractivity (Wildman–Crippen MR) is 118 cm³/mol. The maximum Gasteiger partial charge on any atom is 0.137 e. The van der Waals surface area contributed by atoms with Gasteiger partial charge in [0.05, 0.1) is 13.3 Å². The Balaban J connectivity index is 1.69. The minimum atomic E-state index is 0.650. The van der Waals surface area contributed by atoms with Gasteiger partial charge in [-0.1, -0.05) is 77.8 Å². The van der Waals surface area contributed by atoms with Gasteiger partial charge in [-0.15, -0.1) is 0 Å². The molecule has 0 saturated carbocycles. The first-order valence-corrected chi connectivity index (χ1v) is 9.90. The monoisotopic (exact) mass is 389 g/mol. The van der Waals surface area contributed by atoms with Crippen LogP contribution in [0.4, 0.5) is 5.69 Å². The molecule has 0 aliphatic carbocycles. The second kappa shape index (κ2) is 8.17. The van der Waals surface area contributed by atoms with Crippen molar-refractivity contribution in [3.8, 4) is 0 Å². The smallest absolute Gasteiger partial charge is 0.137 e. The van der Waals surface area contributed by atoms with Crippen LogP contribution in [0.25, 0.3) is 0 Å². The van der Waals surface area contributed by atoms with Crippen molar-refractivity contribution in [2.24, 2.45) is 4.99 Å². The highest BCUT2D eigenvalue weighted by atomic mass is 35.5. The highest BCUT2D eigenvalue weighted by molar-refractivity contribution is 6.31. The molecule has 28 heavy (non-hydrogen) atoms. The molecule has 0 N–H and O–H groups in total. The van der Waals surface area contributed by atoms with E-state index in [0.29, 0.717) is 6.67 Å². The molecule has 0 spiro atoms. The summed E-state index contributed by atoms with van der Waals surface area (Å²) in [5.74, 6) is 1.02. The standard InChI is InChI=1S/C24H24ClN3/c1-18-12-13-23(19(2)14-18)28-17-27(15-21-10-6-7-11-22(21)25)16-26-24(28)20-8-4-3-5-9-20/h3-14H,15-17H2,1-2H3. The number of benzene rings is 3. The Hall–Kier alpha value is -2.62. The van der Waals surface area contributed by atoms with Crippen molar-refractivity contribution < 1.29 is 0 Å². The molecule has 3 aromatic carbocycles. The summed E-state index contributed by atoms with van der Waals surface area (Å²) in [5.41, 5.74) is 5.98. The first-order valence-electron chi connectivity index (χ1n) is 9.52. The highest BCUT2D eigenvalue weighted by Gasteiger charge is 2.24. The molecule has 1 aliphatic rings. The van der Waals surface area contributed by atoms with E-state index in [2.05, 4.69) is 72.2 Å². The van der Waals surface area contributed by atoms with Crippen LogP contribution in [0.2, 0.25) is 5.02 Å². The van der Waals surface area contributed by atoms with Crippen LogP contribution in [0.15, 0.2) is 77.8 Å². The lowest BCUT2D eigenvalue weighted by molar-refractivity contribution is 0.273. The number of aryl methyl sites for hydroxylation is 2. The molecule has 142 valence electrons. The second-order valence-electron chi connectivity index (χ2n) is 7.27. The SMILES string of the molecule is Cc1ccc(N2CN(Cc3ccccc3Cl)CN=C2c2ccccc2)c(C)c1. The molecule has 4 heteroatoms. The largest absolute Gasteiger partial charge is 0.312 e. The molecule has 0 amide bonds. The van der Waals surface area contributed by atoms with Crippen molar-refractivity contribution in [1.82, 2.24) is 4.90 Å². The third-order valence-corrected chi connectivity index (χ3v) is 5.41. The Kier molecular flexibility index (Phi) is 5.47. The average molecular weight is 390 g/mol. The van der Waals surface area contributed by atoms with Crippen molar-refractivity contribution in [1.29, 1.82) is 0 Å². The molecule has 0 saturated heterocycles. The normalized spacial score (nSPS) is 14.8. The van der Waals surface area contributed by atoms with Crippen LogP contribution in [0.1, 0.15) is 22.3 Å². The maximum absolute atomic E-state index is 6.39. The number of rotatable bonds is 4. The molecule has 0 unspecified atom stereocenters. The van der Waals surface area contributed by atoms with Gasteiger partial charge < -0.3 is 4.90 Å². The van der Waals surface area contributed by atoms with Crippen LogP contribution < -0.4 is 4.90 Å². The van der Waals surface area contributed by atoms with E-state index < -0.39 is 0 Å². The Bertz CT molecular complexity index is 998. The number of anilines is 1. The van der Waals surface area contributed by atoms with Gasteiger partial charge in [0.15, 0.2) is 0 Å². The van der Waals surface area contributed by atoms with Crippen molar-refractivity contribution in [2.45, 2.75) is 20.4 Å². The highest BCUT2D eigenvalue weighted by Crippen LogP contribution is 2.27. The second-order valence-corrected chi connectivity index (χ2v) is 7.68. The van der Waals surface area contributed by atoms with Gasteiger partial charge in [0.2, 0.25) is 0 Å². The number of amidine groups is 1. The van der Waals surface area contributed by atoms with Gasteiger partial charge in [-0.05, 0) is 37.1 Å². The van der Waals surface area contributed by atoms with E-state index in [1.165, 1.54) is 16.8 Å². The Labute approximate surface area is 171 Å². The fourth-order valence-electron chi connectivity index (χ4n) is 3.66. The van der Waals surface area contributed by atoms with Crippen LogP contribution in [0.5, 0.6) is 0 Å². The van der Waals surface area contributed by atoms with Crippen molar-refractivity contribution in [3.63, 3.8) is 0 Å². The summed E-state index contributed by atoms with van der Waals surface area (Å²) in [7, 11) is 0. The van der Waals surface area contributed by atoms with Gasteiger partial charge in [-0.2, -0.15) is 0 Å². The lowest BCUT2D eigenvalue weighted by Crippen LogP contribution is -2.46. The van der Waals surface area contributed by atoms with Gasteiger partial charge in [-0.25, -0.2) is 0 Å². The molecule has 0 bridgehead atoms. The van der Waals surface area contributed by atoms with Crippen LogP contribution in [-0.2, 0) is 6.54 Å². The average Bonchev–Trinajstić information content (AvgIpc) is 2.70. The van der Waals surface area contributed by atoms with E-state index in [1.807, 2.05) is 24.3 Å². The summed E-state index contributed by atoms with van der Waals surface area (Å²) in [6, 6.07) is 25.0. The lowest BCUT2D eigenvalue weighted by atomic mass is 10.1.